The van der Waals surface area contributed by atoms with Crippen molar-refractivity contribution >= 4 is 27.7 Å². The van der Waals surface area contributed by atoms with Gasteiger partial charge in [-0.2, -0.15) is 0 Å². The van der Waals surface area contributed by atoms with E-state index in [0.29, 0.717) is 0 Å². The lowest BCUT2D eigenvalue weighted by molar-refractivity contribution is -0.116. The molecule has 5 nitrogen and oxygen atoms in total. The molecule has 1 aliphatic rings. The summed E-state index contributed by atoms with van der Waals surface area (Å²) in [5.74, 6) is 0. The first-order chi connectivity index (χ1) is 12.1. The first-order valence-electron chi connectivity index (χ1n) is 8.31. The Balaban J connectivity index is 1.74. The number of anilines is 1. The lowest BCUT2D eigenvalue weighted by Crippen LogP contribution is -2.49. The third-order valence-electron chi connectivity index (χ3n) is 4.29. The second-order valence-electron chi connectivity index (χ2n) is 5.95. The zero-order chi connectivity index (χ0) is 17.6. The van der Waals surface area contributed by atoms with Crippen molar-refractivity contribution < 1.29 is 9.59 Å². The number of thioether (sulfide) groups is 1. The first-order valence-corrected chi connectivity index (χ1v) is 9.13. The monoisotopic (exact) mass is 355 g/mol. The van der Waals surface area contributed by atoms with Gasteiger partial charge in [0.1, 0.15) is 6.04 Å². The molecule has 3 rings (SSSR count). The number of aromatic nitrogens is 1. The molecule has 2 heterocycles. The van der Waals surface area contributed by atoms with E-state index in [2.05, 4.69) is 14.8 Å². The van der Waals surface area contributed by atoms with Crippen molar-refractivity contribution in [2.45, 2.75) is 13.0 Å². The van der Waals surface area contributed by atoms with Gasteiger partial charge in [-0.3, -0.25) is 19.5 Å². The summed E-state index contributed by atoms with van der Waals surface area (Å²) in [5, 5.41) is -0.266. The van der Waals surface area contributed by atoms with Gasteiger partial charge in [-0.15, -0.1) is 0 Å². The molecule has 1 atom stereocenters. The van der Waals surface area contributed by atoms with Gasteiger partial charge in [0, 0.05) is 51.2 Å². The normalized spacial score (nSPS) is 16.4. The Bertz CT molecular complexity index is 716. The van der Waals surface area contributed by atoms with Gasteiger partial charge in [0.15, 0.2) is 5.12 Å². The lowest BCUT2D eigenvalue weighted by Gasteiger charge is -2.39. The Hall–Kier alpha value is -2.18. The van der Waals surface area contributed by atoms with Gasteiger partial charge in [0.2, 0.25) is 5.12 Å². The van der Waals surface area contributed by atoms with Crippen LogP contribution in [0.3, 0.4) is 0 Å². The molecule has 2 aromatic rings. The third kappa shape index (κ3) is 4.46. The molecule has 1 saturated heterocycles. The number of carbonyl (C=O) groups excluding carboxylic acids is 2. The number of carbonyl (C=O) groups is 2. The fourth-order valence-electron chi connectivity index (χ4n) is 3.12. The molecule has 0 bridgehead atoms. The van der Waals surface area contributed by atoms with Crippen LogP contribution in [0.4, 0.5) is 5.69 Å². The zero-order valence-electron chi connectivity index (χ0n) is 14.2. The van der Waals surface area contributed by atoms with Crippen LogP contribution >= 0.6 is 11.8 Å². The summed E-state index contributed by atoms with van der Waals surface area (Å²) < 4.78 is 0. The minimum Gasteiger partial charge on any atom is -0.369 e. The SMILES string of the molecule is CC(=O)SC(=O)C(c1ccccc1)N1CCN(c2ccncc2)CC1. The maximum absolute atomic E-state index is 12.7. The molecular formula is C19H21N3O2S. The second kappa shape index (κ2) is 8.27. The number of piperazine rings is 1. The summed E-state index contributed by atoms with van der Waals surface area (Å²) in [6.07, 6.45) is 3.59. The van der Waals surface area contributed by atoms with Crippen LogP contribution in [0, 0.1) is 0 Å². The summed E-state index contributed by atoms with van der Waals surface area (Å²) in [6.45, 7) is 4.65. The first kappa shape index (κ1) is 17.6. The van der Waals surface area contributed by atoms with Crippen LogP contribution in [0.2, 0.25) is 0 Å². The topological polar surface area (TPSA) is 53.5 Å². The maximum Gasteiger partial charge on any atom is 0.218 e. The summed E-state index contributed by atoms with van der Waals surface area (Å²) in [6, 6.07) is 13.3. The van der Waals surface area contributed by atoms with Crippen molar-refractivity contribution in [2.75, 3.05) is 31.1 Å². The van der Waals surface area contributed by atoms with Gasteiger partial charge < -0.3 is 4.90 Å². The van der Waals surface area contributed by atoms with E-state index in [-0.39, 0.29) is 16.3 Å². The van der Waals surface area contributed by atoms with E-state index in [4.69, 9.17) is 0 Å². The Morgan fingerprint density at radius 1 is 1.00 bits per heavy atom. The molecule has 6 heteroatoms. The molecule has 130 valence electrons. The largest absolute Gasteiger partial charge is 0.369 e. The van der Waals surface area contributed by atoms with E-state index in [1.807, 2.05) is 42.5 Å². The van der Waals surface area contributed by atoms with Gasteiger partial charge >= 0.3 is 0 Å². The smallest absolute Gasteiger partial charge is 0.218 e. The highest BCUT2D eigenvalue weighted by Gasteiger charge is 2.31. The summed E-state index contributed by atoms with van der Waals surface area (Å²) >= 11 is 0.807. The molecule has 0 amide bonds. The highest BCUT2D eigenvalue weighted by molar-refractivity contribution is 8.26. The minimum atomic E-state index is -0.380. The number of pyridine rings is 1. The Morgan fingerprint density at radius 3 is 2.24 bits per heavy atom. The molecule has 25 heavy (non-hydrogen) atoms. The van der Waals surface area contributed by atoms with Crippen molar-refractivity contribution in [2.24, 2.45) is 0 Å². The van der Waals surface area contributed by atoms with Crippen LogP contribution in [0.5, 0.6) is 0 Å². The molecule has 0 radical (unpaired) electrons. The summed E-state index contributed by atoms with van der Waals surface area (Å²) in [5.41, 5.74) is 2.09. The van der Waals surface area contributed by atoms with Gasteiger partial charge in [-0.25, -0.2) is 0 Å². The van der Waals surface area contributed by atoms with Gasteiger partial charge in [-0.1, -0.05) is 30.3 Å². The average molecular weight is 355 g/mol. The van der Waals surface area contributed by atoms with Gasteiger partial charge in [0.05, 0.1) is 0 Å². The molecule has 1 fully saturated rings. The molecule has 1 unspecified atom stereocenters. The molecular weight excluding hydrogens is 334 g/mol. The number of benzene rings is 1. The molecule has 1 aromatic carbocycles. The Morgan fingerprint density at radius 2 is 1.64 bits per heavy atom. The molecule has 1 aliphatic heterocycles. The lowest BCUT2D eigenvalue weighted by atomic mass is 10.1. The predicted molar refractivity (Wildman–Crippen MR) is 100 cm³/mol. The zero-order valence-corrected chi connectivity index (χ0v) is 15.0. The minimum absolute atomic E-state index is 0.101. The number of rotatable bonds is 4. The quantitative estimate of drug-likeness (QED) is 0.841. The van der Waals surface area contributed by atoms with E-state index in [1.54, 1.807) is 12.4 Å². The van der Waals surface area contributed by atoms with E-state index in [0.717, 1.165) is 49.2 Å². The van der Waals surface area contributed by atoms with E-state index in [1.165, 1.54) is 6.92 Å². The Labute approximate surface area is 152 Å². The highest BCUT2D eigenvalue weighted by Crippen LogP contribution is 2.29. The molecule has 0 N–H and O–H groups in total. The fraction of sp³-hybridized carbons (Fsp3) is 0.316. The van der Waals surface area contributed by atoms with Crippen LogP contribution in [0.15, 0.2) is 54.9 Å². The van der Waals surface area contributed by atoms with E-state index >= 15 is 0 Å². The highest BCUT2D eigenvalue weighted by atomic mass is 32.2. The van der Waals surface area contributed by atoms with Crippen LogP contribution in [0.25, 0.3) is 0 Å². The molecule has 0 saturated carbocycles. The summed E-state index contributed by atoms with van der Waals surface area (Å²) in [4.78, 5) is 32.6. The summed E-state index contributed by atoms with van der Waals surface area (Å²) in [7, 11) is 0. The standard InChI is InChI=1S/C19H21N3O2S/c1-15(23)25-19(24)18(16-5-3-2-4-6-16)22-13-11-21(12-14-22)17-7-9-20-10-8-17/h2-10,18H,11-14H2,1H3. The van der Waals surface area contributed by atoms with Crippen LogP contribution in [0.1, 0.15) is 18.5 Å². The van der Waals surface area contributed by atoms with Crippen LogP contribution in [-0.4, -0.2) is 46.3 Å². The molecule has 1 aromatic heterocycles. The van der Waals surface area contributed by atoms with Crippen molar-refractivity contribution in [3.63, 3.8) is 0 Å². The molecule has 0 aliphatic carbocycles. The predicted octanol–water partition coefficient (Wildman–Crippen LogP) is 2.75. The second-order valence-corrected chi connectivity index (χ2v) is 7.14. The van der Waals surface area contributed by atoms with Gasteiger partial charge in [-0.05, 0) is 29.5 Å². The van der Waals surface area contributed by atoms with Crippen LogP contribution < -0.4 is 4.90 Å². The fourth-order valence-corrected chi connectivity index (χ4v) is 3.80. The maximum atomic E-state index is 12.7. The van der Waals surface area contributed by atoms with Crippen molar-refractivity contribution in [1.29, 1.82) is 0 Å². The van der Waals surface area contributed by atoms with Crippen LogP contribution in [-0.2, 0) is 9.59 Å². The molecule has 0 spiro atoms. The number of hydrogen-bond donors (Lipinski definition) is 0. The van der Waals surface area contributed by atoms with E-state index in [9.17, 15) is 9.59 Å². The Kier molecular flexibility index (Phi) is 5.83. The third-order valence-corrected chi connectivity index (χ3v) is 5.00. The average Bonchev–Trinajstić information content (AvgIpc) is 2.63. The number of nitrogens with zero attached hydrogens (tertiary/aromatic N) is 3. The van der Waals surface area contributed by atoms with Crippen molar-refractivity contribution in [3.05, 3.63) is 60.4 Å². The van der Waals surface area contributed by atoms with Gasteiger partial charge in [0.25, 0.3) is 0 Å². The van der Waals surface area contributed by atoms with E-state index < -0.39 is 0 Å². The van der Waals surface area contributed by atoms with Crippen molar-refractivity contribution in [1.82, 2.24) is 9.88 Å². The van der Waals surface area contributed by atoms with Crippen molar-refractivity contribution in [3.8, 4) is 0 Å². The number of hydrogen-bond acceptors (Lipinski definition) is 6.